The SMILES string of the molecule is CC1NC(=O)CCC1NCC(N)=O. The smallest absolute Gasteiger partial charge is 0.231 e. The van der Waals surface area contributed by atoms with Gasteiger partial charge in [0, 0.05) is 18.5 Å². The second-order valence-electron chi connectivity index (χ2n) is 3.35. The molecule has 5 heteroatoms. The monoisotopic (exact) mass is 185 g/mol. The fraction of sp³-hybridized carbons (Fsp3) is 0.750. The van der Waals surface area contributed by atoms with Crippen LogP contribution in [0.5, 0.6) is 0 Å². The number of piperidine rings is 1. The highest BCUT2D eigenvalue weighted by Gasteiger charge is 2.24. The molecular formula is C8H15N3O2. The van der Waals surface area contributed by atoms with Gasteiger partial charge in [-0.2, -0.15) is 0 Å². The minimum absolute atomic E-state index is 0.0700. The highest BCUT2D eigenvalue weighted by Crippen LogP contribution is 2.08. The minimum atomic E-state index is -0.371. The van der Waals surface area contributed by atoms with Crippen LogP contribution in [0.25, 0.3) is 0 Å². The Labute approximate surface area is 77.1 Å². The Balaban J connectivity index is 2.33. The molecule has 0 spiro atoms. The third-order valence-corrected chi connectivity index (χ3v) is 2.21. The number of primary amides is 1. The zero-order chi connectivity index (χ0) is 9.84. The van der Waals surface area contributed by atoms with Crippen molar-refractivity contribution in [3.8, 4) is 0 Å². The molecule has 0 radical (unpaired) electrons. The van der Waals surface area contributed by atoms with Gasteiger partial charge in [0.25, 0.3) is 0 Å². The zero-order valence-electron chi connectivity index (χ0n) is 7.67. The second kappa shape index (κ2) is 4.23. The van der Waals surface area contributed by atoms with Gasteiger partial charge in [-0.25, -0.2) is 0 Å². The summed E-state index contributed by atoms with van der Waals surface area (Å²) in [5.74, 6) is -0.297. The molecule has 2 atom stereocenters. The van der Waals surface area contributed by atoms with Crippen molar-refractivity contribution in [1.29, 1.82) is 0 Å². The Bertz CT molecular complexity index is 217. The number of nitrogens with one attached hydrogen (secondary N) is 2. The van der Waals surface area contributed by atoms with E-state index in [-0.39, 0.29) is 30.4 Å². The molecule has 0 aromatic rings. The summed E-state index contributed by atoms with van der Waals surface area (Å²) in [6.45, 7) is 2.08. The summed E-state index contributed by atoms with van der Waals surface area (Å²) in [5, 5.41) is 5.80. The molecule has 1 fully saturated rings. The molecule has 5 nitrogen and oxygen atoms in total. The van der Waals surface area contributed by atoms with Crippen molar-refractivity contribution in [3.63, 3.8) is 0 Å². The first-order valence-corrected chi connectivity index (χ1v) is 4.40. The van der Waals surface area contributed by atoms with E-state index in [9.17, 15) is 9.59 Å². The Morgan fingerprint density at radius 1 is 1.77 bits per heavy atom. The van der Waals surface area contributed by atoms with Crippen LogP contribution in [-0.2, 0) is 9.59 Å². The average Bonchev–Trinajstić information content (AvgIpc) is 2.02. The Morgan fingerprint density at radius 2 is 2.46 bits per heavy atom. The molecule has 0 aromatic carbocycles. The van der Waals surface area contributed by atoms with E-state index in [4.69, 9.17) is 5.73 Å². The van der Waals surface area contributed by atoms with Crippen molar-refractivity contribution in [3.05, 3.63) is 0 Å². The number of carbonyl (C=O) groups excluding carboxylic acids is 2. The van der Waals surface area contributed by atoms with Gasteiger partial charge in [0.2, 0.25) is 11.8 Å². The van der Waals surface area contributed by atoms with E-state index in [2.05, 4.69) is 10.6 Å². The van der Waals surface area contributed by atoms with Crippen molar-refractivity contribution in [2.45, 2.75) is 31.8 Å². The van der Waals surface area contributed by atoms with E-state index in [1.165, 1.54) is 0 Å². The fourth-order valence-electron chi connectivity index (χ4n) is 1.47. The lowest BCUT2D eigenvalue weighted by Crippen LogP contribution is -2.53. The quantitative estimate of drug-likeness (QED) is 0.512. The van der Waals surface area contributed by atoms with Crippen molar-refractivity contribution in [2.24, 2.45) is 5.73 Å². The van der Waals surface area contributed by atoms with Crippen molar-refractivity contribution in [1.82, 2.24) is 10.6 Å². The highest BCUT2D eigenvalue weighted by molar-refractivity contribution is 5.77. The Morgan fingerprint density at radius 3 is 3.00 bits per heavy atom. The number of rotatable bonds is 3. The number of hydrogen-bond donors (Lipinski definition) is 3. The molecule has 1 saturated heterocycles. The van der Waals surface area contributed by atoms with E-state index in [0.717, 1.165) is 6.42 Å². The summed E-state index contributed by atoms with van der Waals surface area (Å²) < 4.78 is 0. The molecule has 1 heterocycles. The summed E-state index contributed by atoms with van der Waals surface area (Å²) in [7, 11) is 0. The first kappa shape index (κ1) is 9.98. The lowest BCUT2D eigenvalue weighted by molar-refractivity contribution is -0.123. The van der Waals surface area contributed by atoms with E-state index >= 15 is 0 Å². The van der Waals surface area contributed by atoms with Crippen LogP contribution in [0.3, 0.4) is 0 Å². The lowest BCUT2D eigenvalue weighted by atomic mass is 9.99. The standard InChI is InChI=1S/C8H15N3O2/c1-5-6(10-4-7(9)12)2-3-8(13)11-5/h5-6,10H,2-4H2,1H3,(H2,9,12)(H,11,13). The van der Waals surface area contributed by atoms with Crippen molar-refractivity contribution < 1.29 is 9.59 Å². The van der Waals surface area contributed by atoms with E-state index in [1.54, 1.807) is 0 Å². The minimum Gasteiger partial charge on any atom is -0.369 e. The van der Waals surface area contributed by atoms with Crippen LogP contribution < -0.4 is 16.4 Å². The molecule has 1 aliphatic heterocycles. The summed E-state index contributed by atoms with van der Waals surface area (Å²) in [6.07, 6.45) is 1.28. The van der Waals surface area contributed by atoms with Gasteiger partial charge in [-0.1, -0.05) is 0 Å². The van der Waals surface area contributed by atoms with E-state index < -0.39 is 0 Å². The number of hydrogen-bond acceptors (Lipinski definition) is 3. The maximum Gasteiger partial charge on any atom is 0.231 e. The highest BCUT2D eigenvalue weighted by atomic mass is 16.2. The summed E-state index contributed by atoms with van der Waals surface area (Å²) >= 11 is 0. The van der Waals surface area contributed by atoms with Crippen molar-refractivity contribution >= 4 is 11.8 Å². The molecule has 13 heavy (non-hydrogen) atoms. The van der Waals surface area contributed by atoms with Crippen LogP contribution in [0.4, 0.5) is 0 Å². The predicted octanol–water partition coefficient (Wildman–Crippen LogP) is -1.27. The third-order valence-electron chi connectivity index (χ3n) is 2.21. The van der Waals surface area contributed by atoms with Gasteiger partial charge in [-0.05, 0) is 13.3 Å². The van der Waals surface area contributed by atoms with E-state index in [1.807, 2.05) is 6.92 Å². The number of carbonyl (C=O) groups is 2. The molecule has 2 amide bonds. The van der Waals surface area contributed by atoms with Crippen molar-refractivity contribution in [2.75, 3.05) is 6.54 Å². The van der Waals surface area contributed by atoms with Crippen LogP contribution in [0, 0.1) is 0 Å². The molecule has 0 aromatic heterocycles. The molecule has 1 rings (SSSR count). The maximum atomic E-state index is 10.9. The zero-order valence-corrected chi connectivity index (χ0v) is 7.67. The molecular weight excluding hydrogens is 170 g/mol. The van der Waals surface area contributed by atoms with Gasteiger partial charge in [0.15, 0.2) is 0 Å². The summed E-state index contributed by atoms with van der Waals surface area (Å²) in [4.78, 5) is 21.4. The van der Waals surface area contributed by atoms with Crippen LogP contribution >= 0.6 is 0 Å². The number of nitrogens with two attached hydrogens (primary N) is 1. The largest absolute Gasteiger partial charge is 0.369 e. The summed E-state index contributed by atoms with van der Waals surface area (Å²) in [6, 6.07) is 0.228. The third kappa shape index (κ3) is 3.02. The Hall–Kier alpha value is -1.10. The Kier molecular flexibility index (Phi) is 3.25. The lowest BCUT2D eigenvalue weighted by Gasteiger charge is -2.29. The molecule has 2 unspecified atom stereocenters. The molecule has 0 saturated carbocycles. The molecule has 0 aliphatic carbocycles. The first-order chi connectivity index (χ1) is 6.09. The van der Waals surface area contributed by atoms with Crippen LogP contribution in [0.15, 0.2) is 0 Å². The number of amides is 2. The predicted molar refractivity (Wildman–Crippen MR) is 47.8 cm³/mol. The average molecular weight is 185 g/mol. The van der Waals surface area contributed by atoms with Gasteiger partial charge in [-0.15, -0.1) is 0 Å². The molecule has 1 aliphatic rings. The van der Waals surface area contributed by atoms with Gasteiger partial charge in [0.1, 0.15) is 0 Å². The second-order valence-corrected chi connectivity index (χ2v) is 3.35. The van der Waals surface area contributed by atoms with Gasteiger partial charge < -0.3 is 16.4 Å². The molecule has 0 bridgehead atoms. The van der Waals surface area contributed by atoms with E-state index in [0.29, 0.717) is 6.42 Å². The maximum absolute atomic E-state index is 10.9. The molecule has 74 valence electrons. The van der Waals surface area contributed by atoms with Crippen LogP contribution in [-0.4, -0.2) is 30.4 Å². The van der Waals surface area contributed by atoms with Crippen LogP contribution in [0.2, 0.25) is 0 Å². The van der Waals surface area contributed by atoms with Gasteiger partial charge >= 0.3 is 0 Å². The normalized spacial score (nSPS) is 28.2. The molecule has 4 N–H and O–H groups in total. The van der Waals surface area contributed by atoms with Gasteiger partial charge in [0.05, 0.1) is 6.54 Å². The van der Waals surface area contributed by atoms with Gasteiger partial charge in [-0.3, -0.25) is 9.59 Å². The summed E-state index contributed by atoms with van der Waals surface area (Å²) in [5.41, 5.74) is 4.99. The fourth-order valence-corrected chi connectivity index (χ4v) is 1.47. The topological polar surface area (TPSA) is 84.2 Å². The van der Waals surface area contributed by atoms with Crippen LogP contribution in [0.1, 0.15) is 19.8 Å². The first-order valence-electron chi connectivity index (χ1n) is 4.40.